The van der Waals surface area contributed by atoms with Gasteiger partial charge in [0, 0.05) is 22.5 Å². The van der Waals surface area contributed by atoms with E-state index < -0.39 is 11.9 Å². The molecule has 2 rings (SSSR count). The molecule has 0 spiro atoms. The minimum Gasteiger partial charge on any atom is -0.478 e. The number of benzene rings is 1. The van der Waals surface area contributed by atoms with Gasteiger partial charge in [-0.3, -0.25) is 0 Å². The standard InChI is InChI=1S/C13H11NO4S/c15-12(16)8-2-1-3-10(4-8)14-6-11-5-9(7-19-11)13(17)18/h1-5,7,14H,6H2,(H,15,16)(H,17,18). The van der Waals surface area contributed by atoms with Crippen LogP contribution in [-0.2, 0) is 6.54 Å². The van der Waals surface area contributed by atoms with Gasteiger partial charge in [-0.05, 0) is 24.3 Å². The normalized spacial score (nSPS) is 10.1. The Hall–Kier alpha value is -2.34. The Kier molecular flexibility index (Phi) is 3.82. The molecular weight excluding hydrogens is 266 g/mol. The van der Waals surface area contributed by atoms with E-state index in [1.807, 2.05) is 0 Å². The molecule has 0 aliphatic heterocycles. The number of thiophene rings is 1. The molecule has 0 radical (unpaired) electrons. The number of rotatable bonds is 5. The van der Waals surface area contributed by atoms with Gasteiger partial charge in [-0.25, -0.2) is 9.59 Å². The summed E-state index contributed by atoms with van der Waals surface area (Å²) in [6.07, 6.45) is 0. The van der Waals surface area contributed by atoms with Gasteiger partial charge in [-0.1, -0.05) is 6.07 Å². The lowest BCUT2D eigenvalue weighted by Gasteiger charge is -2.05. The maximum absolute atomic E-state index is 10.8. The van der Waals surface area contributed by atoms with Gasteiger partial charge in [-0.2, -0.15) is 0 Å². The van der Waals surface area contributed by atoms with E-state index in [1.54, 1.807) is 23.6 Å². The molecular formula is C13H11NO4S. The predicted molar refractivity (Wildman–Crippen MR) is 72.0 cm³/mol. The van der Waals surface area contributed by atoms with Gasteiger partial charge in [0.1, 0.15) is 0 Å². The predicted octanol–water partition coefficient (Wildman–Crippen LogP) is 2.76. The zero-order valence-electron chi connectivity index (χ0n) is 9.79. The molecule has 1 heterocycles. The molecule has 0 fully saturated rings. The number of anilines is 1. The third-order valence-corrected chi connectivity index (χ3v) is 3.41. The maximum Gasteiger partial charge on any atom is 0.336 e. The van der Waals surface area contributed by atoms with Gasteiger partial charge in [0.25, 0.3) is 0 Å². The highest BCUT2D eigenvalue weighted by Crippen LogP contribution is 2.17. The minimum absolute atomic E-state index is 0.211. The molecule has 0 aliphatic rings. The van der Waals surface area contributed by atoms with Crippen molar-refractivity contribution in [2.24, 2.45) is 0 Å². The Morgan fingerprint density at radius 3 is 2.47 bits per heavy atom. The molecule has 0 saturated heterocycles. The van der Waals surface area contributed by atoms with Crippen molar-refractivity contribution in [2.75, 3.05) is 5.32 Å². The molecule has 3 N–H and O–H groups in total. The number of carbonyl (C=O) groups is 2. The van der Waals surface area contributed by atoms with Crippen LogP contribution in [0.15, 0.2) is 35.7 Å². The fourth-order valence-electron chi connectivity index (χ4n) is 1.54. The summed E-state index contributed by atoms with van der Waals surface area (Å²) in [6.45, 7) is 0.459. The maximum atomic E-state index is 10.8. The summed E-state index contributed by atoms with van der Waals surface area (Å²) in [5, 5.41) is 22.3. The van der Waals surface area contributed by atoms with Crippen LogP contribution in [0.1, 0.15) is 25.6 Å². The van der Waals surface area contributed by atoms with Gasteiger partial charge in [-0.15, -0.1) is 11.3 Å². The average molecular weight is 277 g/mol. The van der Waals surface area contributed by atoms with E-state index >= 15 is 0 Å². The van der Waals surface area contributed by atoms with Gasteiger partial charge in [0.05, 0.1) is 11.1 Å². The van der Waals surface area contributed by atoms with Crippen molar-refractivity contribution in [3.63, 3.8) is 0 Å². The highest BCUT2D eigenvalue weighted by Gasteiger charge is 2.07. The summed E-state index contributed by atoms with van der Waals surface area (Å²) in [4.78, 5) is 22.4. The van der Waals surface area contributed by atoms with Crippen LogP contribution in [0.4, 0.5) is 5.69 Å². The number of nitrogens with one attached hydrogen (secondary N) is 1. The van der Waals surface area contributed by atoms with Crippen LogP contribution in [0.5, 0.6) is 0 Å². The van der Waals surface area contributed by atoms with Crippen molar-refractivity contribution in [3.05, 3.63) is 51.7 Å². The van der Waals surface area contributed by atoms with Gasteiger partial charge in [0.15, 0.2) is 0 Å². The molecule has 0 unspecified atom stereocenters. The Morgan fingerprint density at radius 2 is 1.84 bits per heavy atom. The topological polar surface area (TPSA) is 86.6 Å². The van der Waals surface area contributed by atoms with Crippen molar-refractivity contribution in [2.45, 2.75) is 6.54 Å². The average Bonchev–Trinajstić information content (AvgIpc) is 2.85. The largest absolute Gasteiger partial charge is 0.478 e. The van der Waals surface area contributed by atoms with Crippen molar-refractivity contribution in [1.29, 1.82) is 0 Å². The third-order valence-electron chi connectivity index (χ3n) is 2.48. The van der Waals surface area contributed by atoms with E-state index in [-0.39, 0.29) is 11.1 Å². The Balaban J connectivity index is 2.03. The number of aromatic carboxylic acids is 2. The number of hydrogen-bond donors (Lipinski definition) is 3. The van der Waals surface area contributed by atoms with Crippen LogP contribution in [-0.4, -0.2) is 22.2 Å². The van der Waals surface area contributed by atoms with Gasteiger partial charge >= 0.3 is 11.9 Å². The van der Waals surface area contributed by atoms with E-state index in [2.05, 4.69) is 5.32 Å². The van der Waals surface area contributed by atoms with E-state index in [1.165, 1.54) is 23.5 Å². The van der Waals surface area contributed by atoms with Crippen molar-refractivity contribution >= 4 is 29.0 Å². The summed E-state index contributed by atoms with van der Waals surface area (Å²) >= 11 is 1.35. The molecule has 98 valence electrons. The van der Waals surface area contributed by atoms with Crippen LogP contribution >= 0.6 is 11.3 Å². The Labute approximate surface area is 113 Å². The summed E-state index contributed by atoms with van der Waals surface area (Å²) < 4.78 is 0. The lowest BCUT2D eigenvalue weighted by molar-refractivity contribution is 0.0686. The molecule has 0 bridgehead atoms. The van der Waals surface area contributed by atoms with Crippen LogP contribution in [0.2, 0.25) is 0 Å². The number of carboxylic acids is 2. The summed E-state index contributed by atoms with van der Waals surface area (Å²) in [5.41, 5.74) is 1.16. The Morgan fingerprint density at radius 1 is 1.11 bits per heavy atom. The van der Waals surface area contributed by atoms with E-state index in [0.29, 0.717) is 12.2 Å². The first-order chi connectivity index (χ1) is 9.06. The molecule has 0 aliphatic carbocycles. The van der Waals surface area contributed by atoms with Crippen molar-refractivity contribution in [3.8, 4) is 0 Å². The first kappa shape index (κ1) is 13.1. The van der Waals surface area contributed by atoms with Crippen molar-refractivity contribution in [1.82, 2.24) is 0 Å². The number of hydrogen-bond acceptors (Lipinski definition) is 4. The summed E-state index contributed by atoms with van der Waals surface area (Å²) in [5.74, 6) is -1.93. The van der Waals surface area contributed by atoms with Crippen molar-refractivity contribution < 1.29 is 19.8 Å². The second-order valence-electron chi connectivity index (χ2n) is 3.85. The summed E-state index contributed by atoms with van der Waals surface area (Å²) in [6, 6.07) is 8.07. The first-order valence-corrected chi connectivity index (χ1v) is 6.32. The van der Waals surface area contributed by atoms with Crippen LogP contribution in [0.3, 0.4) is 0 Å². The van der Waals surface area contributed by atoms with Gasteiger partial charge in [0.2, 0.25) is 0 Å². The molecule has 2 aromatic rings. The number of carboxylic acid groups (broad SMARTS) is 2. The Bertz CT molecular complexity index is 621. The van der Waals surface area contributed by atoms with E-state index in [4.69, 9.17) is 10.2 Å². The molecule has 0 saturated carbocycles. The van der Waals surface area contributed by atoms with Crippen LogP contribution < -0.4 is 5.32 Å². The zero-order valence-corrected chi connectivity index (χ0v) is 10.6. The van der Waals surface area contributed by atoms with Crippen LogP contribution in [0.25, 0.3) is 0 Å². The highest BCUT2D eigenvalue weighted by molar-refractivity contribution is 7.10. The molecule has 1 aromatic heterocycles. The fourth-order valence-corrected chi connectivity index (χ4v) is 2.33. The molecule has 0 amide bonds. The smallest absolute Gasteiger partial charge is 0.336 e. The minimum atomic E-state index is -0.979. The molecule has 6 heteroatoms. The SMILES string of the molecule is O=C(O)c1cccc(NCc2cc(C(=O)O)cs2)c1. The molecule has 5 nitrogen and oxygen atoms in total. The zero-order chi connectivity index (χ0) is 13.8. The first-order valence-electron chi connectivity index (χ1n) is 5.44. The second kappa shape index (κ2) is 5.53. The third kappa shape index (κ3) is 3.32. The quantitative estimate of drug-likeness (QED) is 0.782. The molecule has 19 heavy (non-hydrogen) atoms. The summed E-state index contributed by atoms with van der Waals surface area (Å²) in [7, 11) is 0. The lowest BCUT2D eigenvalue weighted by Crippen LogP contribution is -2.01. The highest BCUT2D eigenvalue weighted by atomic mass is 32.1. The molecule has 0 atom stereocenters. The van der Waals surface area contributed by atoms with Crippen LogP contribution in [0, 0.1) is 0 Å². The van der Waals surface area contributed by atoms with E-state index in [0.717, 1.165) is 4.88 Å². The monoisotopic (exact) mass is 277 g/mol. The second-order valence-corrected chi connectivity index (χ2v) is 4.84. The fraction of sp³-hybridized carbons (Fsp3) is 0.0769. The van der Waals surface area contributed by atoms with Gasteiger partial charge < -0.3 is 15.5 Å². The lowest BCUT2D eigenvalue weighted by atomic mass is 10.2. The van der Waals surface area contributed by atoms with E-state index in [9.17, 15) is 9.59 Å². The molecule has 1 aromatic carbocycles.